The van der Waals surface area contributed by atoms with Crippen molar-refractivity contribution in [2.45, 2.75) is 64.1 Å². The molecule has 2 amide bonds. The first-order valence-corrected chi connectivity index (χ1v) is 14.7. The van der Waals surface area contributed by atoms with Crippen LogP contribution in [0.5, 0.6) is 0 Å². The Kier molecular flexibility index (Phi) is 9.74. The maximum absolute atomic E-state index is 13.7. The summed E-state index contributed by atoms with van der Waals surface area (Å²) in [5, 5.41) is 3.14. The third-order valence-electron chi connectivity index (χ3n) is 6.31. The van der Waals surface area contributed by atoms with E-state index in [1.54, 1.807) is 24.3 Å². The van der Waals surface area contributed by atoms with Crippen molar-refractivity contribution in [2.75, 3.05) is 17.1 Å². The molecule has 1 atom stereocenters. The van der Waals surface area contributed by atoms with Crippen LogP contribution in [0.3, 0.4) is 0 Å². The molecule has 1 saturated carbocycles. The van der Waals surface area contributed by atoms with Gasteiger partial charge in [0.1, 0.15) is 12.6 Å². The second kappa shape index (κ2) is 12.5. The van der Waals surface area contributed by atoms with Crippen LogP contribution in [0.2, 0.25) is 0 Å². The van der Waals surface area contributed by atoms with Crippen LogP contribution in [0.25, 0.3) is 0 Å². The van der Waals surface area contributed by atoms with E-state index in [4.69, 9.17) is 0 Å². The van der Waals surface area contributed by atoms with E-state index < -0.39 is 28.5 Å². The van der Waals surface area contributed by atoms with Crippen LogP contribution in [0, 0.1) is 0 Å². The van der Waals surface area contributed by atoms with Crippen LogP contribution in [0.1, 0.15) is 51.0 Å². The molecule has 0 saturated heterocycles. The molecule has 0 spiro atoms. The maximum Gasteiger partial charge on any atom is 0.244 e. The maximum atomic E-state index is 13.7. The molecule has 1 aliphatic rings. The molecular weight excluding hydrogens is 530 g/mol. The van der Waals surface area contributed by atoms with Crippen molar-refractivity contribution in [3.63, 3.8) is 0 Å². The van der Waals surface area contributed by atoms with Gasteiger partial charge in [0.2, 0.25) is 21.8 Å². The number of carbonyl (C=O) groups is 2. The fraction of sp³-hybridized carbons (Fsp3) is 0.462. The number of nitrogens with zero attached hydrogens (tertiary/aromatic N) is 2. The molecule has 1 N–H and O–H groups in total. The minimum Gasteiger partial charge on any atom is -0.352 e. The summed E-state index contributed by atoms with van der Waals surface area (Å²) in [6, 6.07) is 15.7. The summed E-state index contributed by atoms with van der Waals surface area (Å²) < 4.78 is 27.1. The van der Waals surface area contributed by atoms with Gasteiger partial charge in [0.15, 0.2) is 0 Å². The molecule has 0 heterocycles. The third-order valence-corrected chi connectivity index (χ3v) is 7.94. The van der Waals surface area contributed by atoms with Crippen LogP contribution in [0.4, 0.5) is 5.69 Å². The van der Waals surface area contributed by atoms with Crippen molar-refractivity contribution in [3.05, 3.63) is 64.6 Å². The number of rotatable bonds is 10. The smallest absolute Gasteiger partial charge is 0.244 e. The van der Waals surface area contributed by atoms with Crippen molar-refractivity contribution in [3.8, 4) is 0 Å². The highest BCUT2D eigenvalue weighted by Gasteiger charge is 2.32. The Bertz CT molecular complexity index is 1100. The average molecular weight is 565 g/mol. The molecule has 0 bridgehead atoms. The number of halogens is 1. The summed E-state index contributed by atoms with van der Waals surface area (Å²) in [4.78, 5) is 28.5. The summed E-state index contributed by atoms with van der Waals surface area (Å²) in [6.07, 6.45) is 6.75. The van der Waals surface area contributed by atoms with E-state index in [0.717, 1.165) is 41.8 Å². The van der Waals surface area contributed by atoms with Gasteiger partial charge in [-0.1, -0.05) is 78.5 Å². The number of hydrogen-bond acceptors (Lipinski definition) is 4. The number of nitrogens with one attached hydrogen (secondary N) is 1. The molecule has 0 unspecified atom stereocenters. The van der Waals surface area contributed by atoms with Crippen molar-refractivity contribution in [2.24, 2.45) is 0 Å². The van der Waals surface area contributed by atoms with Crippen LogP contribution in [0.15, 0.2) is 59.1 Å². The van der Waals surface area contributed by atoms with Crippen molar-refractivity contribution >= 4 is 43.5 Å². The summed E-state index contributed by atoms with van der Waals surface area (Å²) in [5.74, 6) is -0.609. The lowest BCUT2D eigenvalue weighted by Gasteiger charge is -2.34. The van der Waals surface area contributed by atoms with E-state index >= 15 is 0 Å². The zero-order valence-corrected chi connectivity index (χ0v) is 22.7. The number of sulfonamides is 1. The number of hydrogen-bond donors (Lipinski definition) is 1. The topological polar surface area (TPSA) is 86.8 Å². The van der Waals surface area contributed by atoms with Gasteiger partial charge < -0.3 is 10.2 Å². The number of carbonyl (C=O) groups excluding carboxylic acids is 2. The molecule has 0 radical (unpaired) electrons. The van der Waals surface area contributed by atoms with Gasteiger partial charge in [0.05, 0.1) is 11.9 Å². The monoisotopic (exact) mass is 563 g/mol. The molecule has 1 fully saturated rings. The van der Waals surface area contributed by atoms with Gasteiger partial charge in [-0.2, -0.15) is 0 Å². The van der Waals surface area contributed by atoms with Crippen LogP contribution in [-0.2, 0) is 26.2 Å². The van der Waals surface area contributed by atoms with E-state index in [1.807, 2.05) is 37.3 Å². The molecule has 0 aliphatic heterocycles. The second-order valence-electron chi connectivity index (χ2n) is 9.02. The van der Waals surface area contributed by atoms with Crippen molar-refractivity contribution in [1.82, 2.24) is 10.2 Å². The molecule has 190 valence electrons. The molecule has 2 aromatic rings. The van der Waals surface area contributed by atoms with Gasteiger partial charge in [-0.15, -0.1) is 0 Å². The molecule has 0 aromatic heterocycles. The quantitative estimate of drug-likeness (QED) is 0.462. The van der Waals surface area contributed by atoms with Gasteiger partial charge in [0, 0.05) is 17.1 Å². The minimum atomic E-state index is -3.75. The van der Waals surface area contributed by atoms with Crippen molar-refractivity contribution < 1.29 is 18.0 Å². The summed E-state index contributed by atoms with van der Waals surface area (Å²) in [6.45, 7) is 1.70. The first-order chi connectivity index (χ1) is 16.7. The highest BCUT2D eigenvalue weighted by Crippen LogP contribution is 2.23. The van der Waals surface area contributed by atoms with E-state index in [9.17, 15) is 18.0 Å². The fourth-order valence-corrected chi connectivity index (χ4v) is 5.72. The molecule has 2 aromatic carbocycles. The Balaban J connectivity index is 1.89. The molecular formula is C26H34BrN3O4S. The lowest BCUT2D eigenvalue weighted by atomic mass is 9.95. The van der Waals surface area contributed by atoms with Gasteiger partial charge in [0.25, 0.3) is 0 Å². The van der Waals surface area contributed by atoms with E-state index in [-0.39, 0.29) is 18.5 Å². The minimum absolute atomic E-state index is 0.119. The average Bonchev–Trinajstić information content (AvgIpc) is 2.82. The molecule has 1 aliphatic carbocycles. The third kappa shape index (κ3) is 7.80. The second-order valence-corrected chi connectivity index (χ2v) is 11.8. The van der Waals surface area contributed by atoms with Crippen LogP contribution in [-0.4, -0.2) is 50.0 Å². The SMILES string of the molecule is CC[C@H](C(=O)NC1CCCCC1)N(Cc1ccccc1)C(=O)CN(c1cccc(Br)c1)S(C)(=O)=O. The summed E-state index contributed by atoms with van der Waals surface area (Å²) >= 11 is 3.37. The highest BCUT2D eigenvalue weighted by atomic mass is 79.9. The Morgan fingerprint density at radius 3 is 2.34 bits per heavy atom. The lowest BCUT2D eigenvalue weighted by Crippen LogP contribution is -2.53. The van der Waals surface area contributed by atoms with Gasteiger partial charge in [-0.05, 0) is 43.0 Å². The molecule has 3 rings (SSSR count). The fourth-order valence-electron chi connectivity index (χ4n) is 4.49. The van der Waals surface area contributed by atoms with E-state index in [2.05, 4.69) is 21.2 Å². The molecule has 7 nitrogen and oxygen atoms in total. The normalized spacial score (nSPS) is 15.3. The number of anilines is 1. The van der Waals surface area contributed by atoms with E-state index in [1.165, 1.54) is 11.3 Å². The first kappa shape index (κ1) is 27.2. The largest absolute Gasteiger partial charge is 0.352 e. The zero-order chi connectivity index (χ0) is 25.4. The van der Waals surface area contributed by atoms with Gasteiger partial charge in [-0.3, -0.25) is 13.9 Å². The van der Waals surface area contributed by atoms with Crippen molar-refractivity contribution in [1.29, 1.82) is 0 Å². The Morgan fingerprint density at radius 2 is 1.74 bits per heavy atom. The Labute approximate surface area is 217 Å². The Hall–Kier alpha value is -2.39. The zero-order valence-electron chi connectivity index (χ0n) is 20.3. The van der Waals surface area contributed by atoms with Crippen LogP contribution >= 0.6 is 15.9 Å². The van der Waals surface area contributed by atoms with E-state index in [0.29, 0.717) is 16.6 Å². The van der Waals surface area contributed by atoms with Gasteiger partial charge in [-0.25, -0.2) is 8.42 Å². The summed E-state index contributed by atoms with van der Waals surface area (Å²) in [7, 11) is -3.75. The first-order valence-electron chi connectivity index (χ1n) is 12.1. The predicted molar refractivity (Wildman–Crippen MR) is 142 cm³/mol. The van der Waals surface area contributed by atoms with Crippen LogP contribution < -0.4 is 9.62 Å². The molecule has 35 heavy (non-hydrogen) atoms. The highest BCUT2D eigenvalue weighted by molar-refractivity contribution is 9.10. The molecule has 9 heteroatoms. The van der Waals surface area contributed by atoms with Gasteiger partial charge >= 0.3 is 0 Å². The standard InChI is InChI=1S/C26H34BrN3O4S/c1-3-24(26(32)28-22-14-8-5-9-15-22)29(18-20-11-6-4-7-12-20)25(31)19-30(35(2,33)34)23-16-10-13-21(27)17-23/h4,6-7,10-13,16-17,22,24H,3,5,8-9,14-15,18-19H2,1-2H3,(H,28,32)/t24-/m1/s1. The number of benzene rings is 2. The summed E-state index contributed by atoms with van der Waals surface area (Å²) in [5.41, 5.74) is 1.26. The lowest BCUT2D eigenvalue weighted by molar-refractivity contribution is -0.140. The number of amides is 2. The Morgan fingerprint density at radius 1 is 1.06 bits per heavy atom. The predicted octanol–water partition coefficient (Wildman–Crippen LogP) is 4.47.